The summed E-state index contributed by atoms with van der Waals surface area (Å²) in [5.41, 5.74) is 3.76. The zero-order valence-corrected chi connectivity index (χ0v) is 12.7. The SMILES string of the molecule is CCc1occc1C(Cl)c1ccc2c(c1)C(=O)NCCC2. The number of rotatable bonds is 3. The standard InChI is InChI=1S/C17H18ClNO2/c1-2-15-13(7-9-21-15)16(18)12-6-5-11-4-3-8-19-17(20)14(11)10-12/h5-7,9-10,16H,2-4,8H2,1H3,(H,19,20). The molecule has 1 aromatic carbocycles. The molecule has 1 aromatic heterocycles. The van der Waals surface area contributed by atoms with Crippen LogP contribution < -0.4 is 5.32 Å². The summed E-state index contributed by atoms with van der Waals surface area (Å²) < 4.78 is 5.45. The van der Waals surface area contributed by atoms with Crippen molar-refractivity contribution in [2.75, 3.05) is 6.54 Å². The van der Waals surface area contributed by atoms with Crippen LogP contribution in [0, 0.1) is 0 Å². The lowest BCUT2D eigenvalue weighted by atomic mass is 9.97. The van der Waals surface area contributed by atoms with Crippen LogP contribution in [0.3, 0.4) is 0 Å². The molecule has 2 aromatic rings. The number of furan rings is 1. The van der Waals surface area contributed by atoms with E-state index in [0.717, 1.165) is 53.8 Å². The van der Waals surface area contributed by atoms with Crippen LogP contribution in [0.1, 0.15) is 51.5 Å². The monoisotopic (exact) mass is 303 g/mol. The van der Waals surface area contributed by atoms with Gasteiger partial charge in [0.05, 0.1) is 11.6 Å². The molecule has 3 rings (SSSR count). The number of carbonyl (C=O) groups is 1. The third-order valence-electron chi connectivity index (χ3n) is 3.95. The Bertz CT molecular complexity index is 663. The summed E-state index contributed by atoms with van der Waals surface area (Å²) >= 11 is 6.60. The molecule has 0 aliphatic carbocycles. The fourth-order valence-electron chi connectivity index (χ4n) is 2.80. The molecule has 110 valence electrons. The molecule has 0 fully saturated rings. The molecule has 4 heteroatoms. The van der Waals surface area contributed by atoms with Crippen molar-refractivity contribution in [3.8, 4) is 0 Å². The predicted molar refractivity (Wildman–Crippen MR) is 82.9 cm³/mol. The smallest absolute Gasteiger partial charge is 0.251 e. The average molecular weight is 304 g/mol. The Morgan fingerprint density at radius 1 is 1.38 bits per heavy atom. The van der Waals surface area contributed by atoms with E-state index in [-0.39, 0.29) is 11.3 Å². The molecule has 0 radical (unpaired) electrons. The fraction of sp³-hybridized carbons (Fsp3) is 0.353. The van der Waals surface area contributed by atoms with E-state index in [1.807, 2.05) is 31.2 Å². The molecule has 1 aliphatic rings. The van der Waals surface area contributed by atoms with Gasteiger partial charge in [-0.1, -0.05) is 19.1 Å². The molecular formula is C17H18ClNO2. The third kappa shape index (κ3) is 2.70. The minimum atomic E-state index is -0.292. The van der Waals surface area contributed by atoms with Gasteiger partial charge in [-0.05, 0) is 36.1 Å². The first kappa shape index (κ1) is 14.2. The van der Waals surface area contributed by atoms with E-state index in [1.54, 1.807) is 6.26 Å². The summed E-state index contributed by atoms with van der Waals surface area (Å²) in [4.78, 5) is 12.1. The lowest BCUT2D eigenvalue weighted by Gasteiger charge is -2.13. The lowest BCUT2D eigenvalue weighted by Crippen LogP contribution is -2.22. The fourth-order valence-corrected chi connectivity index (χ4v) is 3.13. The maximum Gasteiger partial charge on any atom is 0.251 e. The summed E-state index contributed by atoms with van der Waals surface area (Å²) in [7, 11) is 0. The first-order valence-corrected chi connectivity index (χ1v) is 7.75. The van der Waals surface area contributed by atoms with Crippen LogP contribution in [-0.2, 0) is 12.8 Å². The van der Waals surface area contributed by atoms with Gasteiger partial charge in [0, 0.05) is 24.1 Å². The van der Waals surface area contributed by atoms with Crippen molar-refractivity contribution in [1.29, 1.82) is 0 Å². The zero-order chi connectivity index (χ0) is 14.8. The van der Waals surface area contributed by atoms with Crippen molar-refractivity contribution in [3.63, 3.8) is 0 Å². The van der Waals surface area contributed by atoms with Crippen LogP contribution in [0.15, 0.2) is 34.9 Å². The normalized spacial score (nSPS) is 16.0. The number of benzene rings is 1. The van der Waals surface area contributed by atoms with Crippen LogP contribution in [0.25, 0.3) is 0 Å². The van der Waals surface area contributed by atoms with Crippen LogP contribution in [0.5, 0.6) is 0 Å². The van der Waals surface area contributed by atoms with Crippen LogP contribution in [-0.4, -0.2) is 12.5 Å². The Morgan fingerprint density at radius 3 is 3.05 bits per heavy atom. The number of amides is 1. The summed E-state index contributed by atoms with van der Waals surface area (Å²) in [5.74, 6) is 0.894. The first-order chi connectivity index (χ1) is 10.2. The molecular weight excluding hydrogens is 286 g/mol. The number of alkyl halides is 1. The second kappa shape index (κ2) is 5.94. The van der Waals surface area contributed by atoms with Gasteiger partial charge in [0.2, 0.25) is 0 Å². The molecule has 1 N–H and O–H groups in total. The van der Waals surface area contributed by atoms with Gasteiger partial charge in [0.25, 0.3) is 5.91 Å². The second-order valence-electron chi connectivity index (χ2n) is 5.29. The number of nitrogens with one attached hydrogen (secondary N) is 1. The Kier molecular flexibility index (Phi) is 4.02. The molecule has 3 nitrogen and oxygen atoms in total. The highest BCUT2D eigenvalue weighted by atomic mass is 35.5. The summed E-state index contributed by atoms with van der Waals surface area (Å²) in [6.07, 6.45) is 4.37. The van der Waals surface area contributed by atoms with Gasteiger partial charge in [-0.2, -0.15) is 0 Å². The predicted octanol–water partition coefficient (Wildman–Crippen LogP) is 3.85. The Hall–Kier alpha value is -1.74. The summed E-state index contributed by atoms with van der Waals surface area (Å²) in [6, 6.07) is 7.86. The Labute approximate surface area is 129 Å². The minimum absolute atomic E-state index is 0.00359. The highest BCUT2D eigenvalue weighted by Crippen LogP contribution is 2.33. The van der Waals surface area contributed by atoms with Crippen molar-refractivity contribution in [2.45, 2.75) is 31.6 Å². The summed E-state index contributed by atoms with van der Waals surface area (Å²) in [5, 5.41) is 2.63. The zero-order valence-electron chi connectivity index (χ0n) is 12.0. The lowest BCUT2D eigenvalue weighted by molar-refractivity contribution is 0.0956. The molecule has 0 spiro atoms. The van der Waals surface area contributed by atoms with Gasteiger partial charge in [0.15, 0.2) is 0 Å². The van der Waals surface area contributed by atoms with E-state index in [0.29, 0.717) is 0 Å². The van der Waals surface area contributed by atoms with Crippen LogP contribution in [0.4, 0.5) is 0 Å². The maximum absolute atomic E-state index is 12.1. The molecule has 2 heterocycles. The third-order valence-corrected chi connectivity index (χ3v) is 4.44. The van der Waals surface area contributed by atoms with Gasteiger partial charge in [0.1, 0.15) is 5.76 Å². The topological polar surface area (TPSA) is 42.2 Å². The number of carbonyl (C=O) groups excluding carboxylic acids is 1. The molecule has 0 saturated heterocycles. The Morgan fingerprint density at radius 2 is 2.24 bits per heavy atom. The number of hydrogen-bond donors (Lipinski definition) is 1. The molecule has 1 unspecified atom stereocenters. The number of hydrogen-bond acceptors (Lipinski definition) is 2. The summed E-state index contributed by atoms with van der Waals surface area (Å²) in [6.45, 7) is 2.77. The largest absolute Gasteiger partial charge is 0.469 e. The highest BCUT2D eigenvalue weighted by molar-refractivity contribution is 6.22. The molecule has 1 aliphatic heterocycles. The van der Waals surface area contributed by atoms with Gasteiger partial charge in [-0.25, -0.2) is 0 Å². The van der Waals surface area contributed by atoms with E-state index in [9.17, 15) is 4.79 Å². The van der Waals surface area contributed by atoms with Gasteiger partial charge >= 0.3 is 0 Å². The van der Waals surface area contributed by atoms with Crippen LogP contribution >= 0.6 is 11.6 Å². The van der Waals surface area contributed by atoms with Gasteiger partial charge in [-0.15, -0.1) is 11.6 Å². The van der Waals surface area contributed by atoms with Gasteiger partial charge in [-0.3, -0.25) is 4.79 Å². The first-order valence-electron chi connectivity index (χ1n) is 7.32. The van der Waals surface area contributed by atoms with Crippen molar-refractivity contribution in [2.24, 2.45) is 0 Å². The van der Waals surface area contributed by atoms with Crippen molar-refractivity contribution >= 4 is 17.5 Å². The maximum atomic E-state index is 12.1. The number of aryl methyl sites for hydroxylation is 2. The molecule has 0 bridgehead atoms. The van der Waals surface area contributed by atoms with Crippen molar-refractivity contribution in [3.05, 3.63) is 58.5 Å². The van der Waals surface area contributed by atoms with Gasteiger partial charge < -0.3 is 9.73 Å². The van der Waals surface area contributed by atoms with E-state index in [2.05, 4.69) is 5.32 Å². The Balaban J connectivity index is 1.98. The van der Waals surface area contributed by atoms with E-state index in [4.69, 9.17) is 16.0 Å². The highest BCUT2D eigenvalue weighted by Gasteiger charge is 2.20. The average Bonchev–Trinajstić information content (AvgIpc) is 2.91. The van der Waals surface area contributed by atoms with Crippen LogP contribution in [0.2, 0.25) is 0 Å². The van der Waals surface area contributed by atoms with E-state index in [1.165, 1.54) is 0 Å². The number of halogens is 1. The minimum Gasteiger partial charge on any atom is -0.469 e. The quantitative estimate of drug-likeness (QED) is 0.875. The molecule has 0 saturated carbocycles. The van der Waals surface area contributed by atoms with E-state index >= 15 is 0 Å². The number of fused-ring (bicyclic) bond motifs is 1. The molecule has 21 heavy (non-hydrogen) atoms. The second-order valence-corrected chi connectivity index (χ2v) is 5.73. The van der Waals surface area contributed by atoms with E-state index < -0.39 is 0 Å². The van der Waals surface area contributed by atoms with Crippen molar-refractivity contribution in [1.82, 2.24) is 5.32 Å². The molecule has 1 amide bonds. The molecule has 1 atom stereocenters. The van der Waals surface area contributed by atoms with Crippen molar-refractivity contribution < 1.29 is 9.21 Å².